The van der Waals surface area contributed by atoms with E-state index in [4.69, 9.17) is 16.3 Å². The molecule has 0 unspecified atom stereocenters. The highest BCUT2D eigenvalue weighted by Crippen LogP contribution is 2.31. The number of halogens is 1. The standard InChI is InChI=1S/C18H24ClNO/c1-5-6-15-13(4)20-17-8-7-14(11-16(17)18(15)19)21-10-9-12(2)3/h7-8,11-12H,5-6,9-10H2,1-4H3. The smallest absolute Gasteiger partial charge is 0.120 e. The van der Waals surface area contributed by atoms with E-state index < -0.39 is 0 Å². The van der Waals surface area contributed by atoms with Gasteiger partial charge in [0.1, 0.15) is 5.75 Å². The van der Waals surface area contributed by atoms with Crippen molar-refractivity contribution in [2.45, 2.75) is 47.0 Å². The monoisotopic (exact) mass is 305 g/mol. The topological polar surface area (TPSA) is 22.1 Å². The van der Waals surface area contributed by atoms with Gasteiger partial charge in [-0.1, -0.05) is 38.8 Å². The zero-order valence-electron chi connectivity index (χ0n) is 13.4. The summed E-state index contributed by atoms with van der Waals surface area (Å²) in [6, 6.07) is 5.99. The first kappa shape index (κ1) is 16.1. The van der Waals surface area contributed by atoms with Gasteiger partial charge in [-0.3, -0.25) is 4.98 Å². The lowest BCUT2D eigenvalue weighted by Gasteiger charge is -2.12. The second-order valence-electron chi connectivity index (χ2n) is 5.95. The van der Waals surface area contributed by atoms with Crippen molar-refractivity contribution < 1.29 is 4.74 Å². The van der Waals surface area contributed by atoms with Crippen LogP contribution in [0.15, 0.2) is 18.2 Å². The van der Waals surface area contributed by atoms with Gasteiger partial charge in [0.15, 0.2) is 0 Å². The second kappa shape index (κ2) is 7.13. The van der Waals surface area contributed by atoms with Crippen LogP contribution in [0.1, 0.15) is 44.9 Å². The predicted octanol–water partition coefficient (Wildman–Crippen LogP) is 5.57. The molecule has 2 nitrogen and oxygen atoms in total. The van der Waals surface area contributed by atoms with E-state index in [0.717, 1.165) is 58.8 Å². The Morgan fingerprint density at radius 2 is 2.05 bits per heavy atom. The Labute approximate surface area is 132 Å². The fraction of sp³-hybridized carbons (Fsp3) is 0.500. The fourth-order valence-electron chi connectivity index (χ4n) is 2.40. The number of rotatable bonds is 6. The fourth-order valence-corrected chi connectivity index (χ4v) is 2.78. The van der Waals surface area contributed by atoms with Crippen LogP contribution in [0.4, 0.5) is 0 Å². The van der Waals surface area contributed by atoms with Crippen LogP contribution in [0.3, 0.4) is 0 Å². The van der Waals surface area contributed by atoms with Gasteiger partial charge >= 0.3 is 0 Å². The minimum Gasteiger partial charge on any atom is -0.494 e. The minimum absolute atomic E-state index is 0.648. The van der Waals surface area contributed by atoms with E-state index in [9.17, 15) is 0 Å². The van der Waals surface area contributed by atoms with E-state index in [-0.39, 0.29) is 0 Å². The minimum atomic E-state index is 0.648. The molecule has 2 aromatic rings. The van der Waals surface area contributed by atoms with Crippen molar-refractivity contribution in [3.63, 3.8) is 0 Å². The van der Waals surface area contributed by atoms with Gasteiger partial charge < -0.3 is 4.74 Å². The van der Waals surface area contributed by atoms with Crippen molar-refractivity contribution in [2.24, 2.45) is 5.92 Å². The summed E-state index contributed by atoms with van der Waals surface area (Å²) in [5, 5.41) is 1.82. The van der Waals surface area contributed by atoms with Gasteiger partial charge in [-0.25, -0.2) is 0 Å². The van der Waals surface area contributed by atoms with E-state index in [1.54, 1.807) is 0 Å². The lowest BCUT2D eigenvalue weighted by atomic mass is 10.1. The van der Waals surface area contributed by atoms with Crippen molar-refractivity contribution >= 4 is 22.5 Å². The van der Waals surface area contributed by atoms with E-state index in [1.165, 1.54) is 0 Å². The lowest BCUT2D eigenvalue weighted by Crippen LogP contribution is -2.02. The third kappa shape index (κ3) is 3.88. The van der Waals surface area contributed by atoms with Crippen molar-refractivity contribution in [3.05, 3.63) is 34.5 Å². The molecule has 0 saturated heterocycles. The summed E-state index contributed by atoms with van der Waals surface area (Å²) >= 11 is 6.59. The molecule has 1 aromatic carbocycles. The molecular weight excluding hydrogens is 282 g/mol. The van der Waals surface area contributed by atoms with Crippen LogP contribution in [-0.4, -0.2) is 11.6 Å². The van der Waals surface area contributed by atoms with E-state index in [1.807, 2.05) is 25.1 Å². The molecule has 2 rings (SSSR count). The first-order chi connectivity index (χ1) is 10.0. The second-order valence-corrected chi connectivity index (χ2v) is 6.33. The summed E-state index contributed by atoms with van der Waals surface area (Å²) < 4.78 is 5.82. The summed E-state index contributed by atoms with van der Waals surface area (Å²) in [6.07, 6.45) is 3.09. The Bertz CT molecular complexity index is 622. The quantitative estimate of drug-likeness (QED) is 0.695. The van der Waals surface area contributed by atoms with Crippen molar-refractivity contribution in [3.8, 4) is 5.75 Å². The largest absolute Gasteiger partial charge is 0.494 e. The first-order valence-corrected chi connectivity index (χ1v) is 8.12. The molecule has 0 fully saturated rings. The molecule has 21 heavy (non-hydrogen) atoms. The zero-order valence-corrected chi connectivity index (χ0v) is 14.1. The molecule has 0 bridgehead atoms. The highest BCUT2D eigenvalue weighted by atomic mass is 35.5. The molecule has 3 heteroatoms. The third-order valence-corrected chi connectivity index (χ3v) is 4.09. The number of benzene rings is 1. The molecule has 0 aliphatic rings. The van der Waals surface area contributed by atoms with Crippen LogP contribution in [0, 0.1) is 12.8 Å². The van der Waals surface area contributed by atoms with Crippen LogP contribution >= 0.6 is 11.6 Å². The lowest BCUT2D eigenvalue weighted by molar-refractivity contribution is 0.290. The molecule has 0 aliphatic carbocycles. The zero-order chi connectivity index (χ0) is 15.4. The third-order valence-electron chi connectivity index (χ3n) is 3.66. The Kier molecular flexibility index (Phi) is 5.46. The molecule has 0 saturated carbocycles. The highest BCUT2D eigenvalue weighted by Gasteiger charge is 2.11. The Morgan fingerprint density at radius 1 is 1.29 bits per heavy atom. The summed E-state index contributed by atoms with van der Waals surface area (Å²) in [5.74, 6) is 1.52. The molecule has 0 radical (unpaired) electrons. The summed E-state index contributed by atoms with van der Waals surface area (Å²) in [6.45, 7) is 9.32. The van der Waals surface area contributed by atoms with E-state index in [0.29, 0.717) is 5.92 Å². The Hall–Kier alpha value is -1.28. The number of nitrogens with zero attached hydrogens (tertiary/aromatic N) is 1. The molecular formula is C18H24ClNO. The number of aromatic nitrogens is 1. The van der Waals surface area contributed by atoms with Gasteiger partial charge in [0.2, 0.25) is 0 Å². The predicted molar refractivity (Wildman–Crippen MR) is 90.4 cm³/mol. The normalized spacial score (nSPS) is 11.3. The molecule has 0 aliphatic heterocycles. The van der Waals surface area contributed by atoms with Crippen LogP contribution < -0.4 is 4.74 Å². The SMILES string of the molecule is CCCc1c(C)nc2ccc(OCCC(C)C)cc2c1Cl. The molecule has 0 atom stereocenters. The molecule has 0 N–H and O–H groups in total. The van der Waals surface area contributed by atoms with E-state index >= 15 is 0 Å². The van der Waals surface area contributed by atoms with E-state index in [2.05, 4.69) is 25.8 Å². The molecule has 0 amide bonds. The maximum Gasteiger partial charge on any atom is 0.120 e. The first-order valence-electron chi connectivity index (χ1n) is 7.74. The summed E-state index contributed by atoms with van der Waals surface area (Å²) in [4.78, 5) is 4.66. The molecule has 0 spiro atoms. The van der Waals surface area contributed by atoms with Crippen LogP contribution in [-0.2, 0) is 6.42 Å². The van der Waals surface area contributed by atoms with Gasteiger partial charge in [0, 0.05) is 11.1 Å². The van der Waals surface area contributed by atoms with Gasteiger partial charge in [-0.05, 0) is 49.4 Å². The number of pyridine rings is 1. The van der Waals surface area contributed by atoms with Crippen LogP contribution in [0.2, 0.25) is 5.02 Å². The van der Waals surface area contributed by atoms with Crippen LogP contribution in [0.25, 0.3) is 10.9 Å². The van der Waals surface area contributed by atoms with Gasteiger partial charge in [0.05, 0.1) is 17.1 Å². The maximum absolute atomic E-state index is 6.59. The Balaban J connectivity index is 2.32. The van der Waals surface area contributed by atoms with Crippen molar-refractivity contribution in [2.75, 3.05) is 6.61 Å². The highest BCUT2D eigenvalue weighted by molar-refractivity contribution is 6.36. The van der Waals surface area contributed by atoms with Gasteiger partial charge in [-0.15, -0.1) is 0 Å². The summed E-state index contributed by atoms with van der Waals surface area (Å²) in [7, 11) is 0. The van der Waals surface area contributed by atoms with Gasteiger partial charge in [-0.2, -0.15) is 0 Å². The number of ether oxygens (including phenoxy) is 1. The number of hydrogen-bond acceptors (Lipinski definition) is 2. The molecule has 114 valence electrons. The number of aryl methyl sites for hydroxylation is 1. The van der Waals surface area contributed by atoms with Crippen molar-refractivity contribution in [1.29, 1.82) is 0 Å². The average Bonchev–Trinajstić information content (AvgIpc) is 2.44. The van der Waals surface area contributed by atoms with Crippen molar-refractivity contribution in [1.82, 2.24) is 4.98 Å². The van der Waals surface area contributed by atoms with Crippen LogP contribution in [0.5, 0.6) is 5.75 Å². The average molecular weight is 306 g/mol. The summed E-state index contributed by atoms with van der Waals surface area (Å²) in [5.41, 5.74) is 3.13. The Morgan fingerprint density at radius 3 is 2.71 bits per heavy atom. The van der Waals surface area contributed by atoms with Gasteiger partial charge in [0.25, 0.3) is 0 Å². The maximum atomic E-state index is 6.59. The number of hydrogen-bond donors (Lipinski definition) is 0. The number of fused-ring (bicyclic) bond motifs is 1. The molecule has 1 heterocycles. The molecule has 1 aromatic heterocycles.